The number of nitrogens with zero attached hydrogens (tertiary/aromatic N) is 1. The largest absolute Gasteiger partial charge is 0.477 e. The van der Waals surface area contributed by atoms with Crippen LogP contribution in [-0.4, -0.2) is 16.1 Å². The van der Waals surface area contributed by atoms with E-state index in [1.807, 2.05) is 12.1 Å². The van der Waals surface area contributed by atoms with Gasteiger partial charge in [-0.3, -0.25) is 0 Å². The molecule has 1 aromatic heterocycles. The average Bonchev–Trinajstić information content (AvgIpc) is 2.78. The van der Waals surface area contributed by atoms with Crippen LogP contribution in [0.25, 0.3) is 10.6 Å². The summed E-state index contributed by atoms with van der Waals surface area (Å²) in [4.78, 5) is 15.2. The van der Waals surface area contributed by atoms with Gasteiger partial charge in [0.25, 0.3) is 0 Å². The van der Waals surface area contributed by atoms with Crippen LogP contribution in [-0.2, 0) is 0 Å². The molecule has 1 N–H and O–H groups in total. The van der Waals surface area contributed by atoms with E-state index in [1.165, 1.54) is 23.1 Å². The van der Waals surface area contributed by atoms with E-state index in [-0.39, 0.29) is 4.88 Å². The zero-order valence-electron chi connectivity index (χ0n) is 9.68. The molecule has 3 nitrogen and oxygen atoms in total. The van der Waals surface area contributed by atoms with Crippen LogP contribution < -0.4 is 0 Å². The summed E-state index contributed by atoms with van der Waals surface area (Å²) in [6, 6.07) is 8.09. The van der Waals surface area contributed by atoms with Gasteiger partial charge in [0, 0.05) is 5.56 Å². The lowest BCUT2D eigenvalue weighted by Crippen LogP contribution is -1.89. The molecule has 0 spiro atoms. The molecule has 0 radical (unpaired) electrons. The molecule has 0 bridgehead atoms. The second-order valence-electron chi connectivity index (χ2n) is 4.11. The Morgan fingerprint density at radius 3 is 2.41 bits per heavy atom. The number of hydrogen-bond donors (Lipinski definition) is 1. The van der Waals surface area contributed by atoms with Crippen molar-refractivity contribution in [1.82, 2.24) is 4.98 Å². The van der Waals surface area contributed by atoms with Crippen LogP contribution in [0.2, 0.25) is 0 Å². The second kappa shape index (κ2) is 4.67. The topological polar surface area (TPSA) is 50.2 Å². The highest BCUT2D eigenvalue weighted by Crippen LogP contribution is 2.26. The maximum absolute atomic E-state index is 10.8. The lowest BCUT2D eigenvalue weighted by molar-refractivity contribution is 0.0702. The van der Waals surface area contributed by atoms with Gasteiger partial charge in [-0.15, -0.1) is 11.3 Å². The van der Waals surface area contributed by atoms with Crippen LogP contribution in [0.15, 0.2) is 30.5 Å². The van der Waals surface area contributed by atoms with Gasteiger partial charge in [-0.25, -0.2) is 9.78 Å². The molecule has 0 atom stereocenters. The van der Waals surface area contributed by atoms with Crippen LogP contribution in [0, 0.1) is 0 Å². The first-order chi connectivity index (χ1) is 8.08. The Kier molecular flexibility index (Phi) is 3.24. The Bertz CT molecular complexity index is 529. The second-order valence-corrected chi connectivity index (χ2v) is 5.14. The summed E-state index contributed by atoms with van der Waals surface area (Å²) in [7, 11) is 0. The Labute approximate surface area is 104 Å². The first-order valence-electron chi connectivity index (χ1n) is 5.37. The molecule has 2 aromatic rings. The number of aromatic carboxylic acids is 1. The number of thiazole rings is 1. The number of benzene rings is 1. The van der Waals surface area contributed by atoms with E-state index in [2.05, 4.69) is 31.0 Å². The van der Waals surface area contributed by atoms with Crippen molar-refractivity contribution in [3.63, 3.8) is 0 Å². The highest BCUT2D eigenvalue weighted by atomic mass is 32.1. The van der Waals surface area contributed by atoms with E-state index in [0.717, 1.165) is 10.6 Å². The van der Waals surface area contributed by atoms with E-state index in [9.17, 15) is 4.79 Å². The van der Waals surface area contributed by atoms with Crippen LogP contribution in [0.1, 0.15) is 35.0 Å². The maximum atomic E-state index is 10.8. The molecule has 0 aliphatic rings. The quantitative estimate of drug-likeness (QED) is 0.901. The van der Waals surface area contributed by atoms with Gasteiger partial charge in [0.05, 0.1) is 6.20 Å². The molecule has 17 heavy (non-hydrogen) atoms. The molecule has 0 aliphatic carbocycles. The van der Waals surface area contributed by atoms with E-state index >= 15 is 0 Å². The van der Waals surface area contributed by atoms with Crippen LogP contribution >= 0.6 is 11.3 Å². The van der Waals surface area contributed by atoms with Crippen molar-refractivity contribution >= 4 is 17.3 Å². The van der Waals surface area contributed by atoms with Gasteiger partial charge in [0.1, 0.15) is 9.88 Å². The molecule has 1 heterocycles. The molecule has 0 saturated heterocycles. The smallest absolute Gasteiger partial charge is 0.347 e. The molecule has 2 rings (SSSR count). The van der Waals surface area contributed by atoms with Crippen molar-refractivity contribution in [3.8, 4) is 10.6 Å². The van der Waals surface area contributed by atoms with Crippen LogP contribution in [0.3, 0.4) is 0 Å². The summed E-state index contributed by atoms with van der Waals surface area (Å²) in [5.41, 5.74) is 2.23. The van der Waals surface area contributed by atoms with Gasteiger partial charge in [0.2, 0.25) is 0 Å². The van der Waals surface area contributed by atoms with E-state index in [0.29, 0.717) is 5.92 Å². The first-order valence-corrected chi connectivity index (χ1v) is 6.19. The van der Waals surface area contributed by atoms with E-state index < -0.39 is 5.97 Å². The lowest BCUT2D eigenvalue weighted by Gasteiger charge is -2.05. The summed E-state index contributed by atoms with van der Waals surface area (Å²) < 4.78 is 0. The monoisotopic (exact) mass is 247 g/mol. The number of carboxylic acid groups (broad SMARTS) is 1. The minimum Gasteiger partial charge on any atom is -0.477 e. The van der Waals surface area contributed by atoms with Gasteiger partial charge in [-0.05, 0) is 11.5 Å². The van der Waals surface area contributed by atoms with Crippen molar-refractivity contribution in [2.75, 3.05) is 0 Å². The zero-order valence-corrected chi connectivity index (χ0v) is 10.5. The predicted molar refractivity (Wildman–Crippen MR) is 68.6 cm³/mol. The van der Waals surface area contributed by atoms with Crippen molar-refractivity contribution in [1.29, 1.82) is 0 Å². The first kappa shape index (κ1) is 11.8. The fourth-order valence-corrected chi connectivity index (χ4v) is 2.28. The fourth-order valence-electron chi connectivity index (χ4n) is 1.52. The normalized spacial score (nSPS) is 10.8. The highest BCUT2D eigenvalue weighted by Gasteiger charge is 2.10. The molecule has 88 valence electrons. The fraction of sp³-hybridized carbons (Fsp3) is 0.231. The molecule has 0 saturated carbocycles. The average molecular weight is 247 g/mol. The summed E-state index contributed by atoms with van der Waals surface area (Å²) in [6.45, 7) is 4.28. The van der Waals surface area contributed by atoms with Crippen molar-refractivity contribution in [3.05, 3.63) is 40.9 Å². The van der Waals surface area contributed by atoms with Gasteiger partial charge in [0.15, 0.2) is 0 Å². The molecule has 4 heteroatoms. The molecule has 1 aromatic carbocycles. The third-order valence-electron chi connectivity index (χ3n) is 2.54. The highest BCUT2D eigenvalue weighted by molar-refractivity contribution is 7.16. The lowest BCUT2D eigenvalue weighted by atomic mass is 10.0. The molecule has 0 fully saturated rings. The maximum Gasteiger partial charge on any atom is 0.347 e. The number of hydrogen-bond acceptors (Lipinski definition) is 3. The predicted octanol–water partition coefficient (Wildman–Crippen LogP) is 3.63. The van der Waals surface area contributed by atoms with Gasteiger partial charge < -0.3 is 5.11 Å². The van der Waals surface area contributed by atoms with Gasteiger partial charge in [-0.2, -0.15) is 0 Å². The standard InChI is InChI=1S/C13H13NO2S/c1-8(2)9-3-5-10(6-4-9)12-14-7-11(17-12)13(15)16/h3-8H,1-2H3,(H,15,16). The number of carbonyl (C=O) groups is 1. The summed E-state index contributed by atoms with van der Waals surface area (Å²) in [5, 5.41) is 9.58. The van der Waals surface area contributed by atoms with Crippen molar-refractivity contribution in [2.45, 2.75) is 19.8 Å². The van der Waals surface area contributed by atoms with E-state index in [1.54, 1.807) is 0 Å². The third kappa shape index (κ3) is 2.53. The van der Waals surface area contributed by atoms with Crippen LogP contribution in [0.4, 0.5) is 0 Å². The van der Waals surface area contributed by atoms with Gasteiger partial charge in [-0.1, -0.05) is 38.1 Å². The third-order valence-corrected chi connectivity index (χ3v) is 3.58. The Balaban J connectivity index is 2.30. The number of aromatic nitrogens is 1. The van der Waals surface area contributed by atoms with E-state index in [4.69, 9.17) is 5.11 Å². The van der Waals surface area contributed by atoms with Gasteiger partial charge >= 0.3 is 5.97 Å². The molecular weight excluding hydrogens is 234 g/mol. The summed E-state index contributed by atoms with van der Waals surface area (Å²) in [5.74, 6) is -0.428. The summed E-state index contributed by atoms with van der Waals surface area (Å²) >= 11 is 1.20. The van der Waals surface area contributed by atoms with Crippen molar-refractivity contribution in [2.24, 2.45) is 0 Å². The zero-order chi connectivity index (χ0) is 12.4. The SMILES string of the molecule is CC(C)c1ccc(-c2ncc(C(=O)O)s2)cc1. The van der Waals surface area contributed by atoms with Crippen LogP contribution in [0.5, 0.6) is 0 Å². The minimum absolute atomic E-state index is 0.271. The molecule has 0 unspecified atom stereocenters. The Morgan fingerprint density at radius 1 is 1.29 bits per heavy atom. The minimum atomic E-state index is -0.924. The number of rotatable bonds is 3. The Hall–Kier alpha value is -1.68. The number of carboxylic acids is 1. The molecule has 0 amide bonds. The summed E-state index contributed by atoms with van der Waals surface area (Å²) in [6.07, 6.45) is 1.40. The van der Waals surface area contributed by atoms with Crippen molar-refractivity contribution < 1.29 is 9.90 Å². The molecule has 0 aliphatic heterocycles. The Morgan fingerprint density at radius 2 is 1.94 bits per heavy atom. The molecular formula is C13H13NO2S.